The Morgan fingerprint density at radius 2 is 2.45 bits per heavy atom. The number of esters is 1. The average molecular weight is 153 g/mol. The Hall–Kier alpha value is -1.65. The fraction of sp³-hybridized carbons (Fsp3) is 0.167. The lowest BCUT2D eigenvalue weighted by Gasteiger charge is -1.99. The molecule has 0 radical (unpaired) electrons. The first kappa shape index (κ1) is 7.46. The van der Waals surface area contributed by atoms with Crippen molar-refractivity contribution >= 4 is 11.7 Å². The van der Waals surface area contributed by atoms with E-state index in [4.69, 9.17) is 0 Å². The third-order valence-electron chi connectivity index (χ3n) is 1.12. The summed E-state index contributed by atoms with van der Waals surface area (Å²) in [5.74, 6) is -0.518. The molecular formula is C6H7N3O2. The predicted molar refractivity (Wildman–Crippen MR) is 37.4 cm³/mol. The summed E-state index contributed by atoms with van der Waals surface area (Å²) in [6.07, 6.45) is 2.97. The van der Waals surface area contributed by atoms with E-state index in [1.807, 2.05) is 0 Å². The maximum Gasteiger partial charge on any atom is 0.356 e. The second-order valence-corrected chi connectivity index (χ2v) is 1.79. The number of rotatable bonds is 2. The van der Waals surface area contributed by atoms with Gasteiger partial charge in [0.25, 0.3) is 0 Å². The molecule has 0 aromatic carbocycles. The molecule has 0 aliphatic heterocycles. The van der Waals surface area contributed by atoms with E-state index < -0.39 is 5.97 Å². The highest BCUT2D eigenvalue weighted by atomic mass is 16.5. The first-order valence-electron chi connectivity index (χ1n) is 2.89. The molecule has 0 N–H and O–H groups in total. The molecule has 5 heteroatoms. The molecule has 11 heavy (non-hydrogen) atoms. The third-order valence-corrected chi connectivity index (χ3v) is 1.12. The minimum atomic E-state index is -0.518. The number of hydrogen-bond acceptors (Lipinski definition) is 4. The van der Waals surface area contributed by atoms with Crippen LogP contribution in [0.25, 0.3) is 5.70 Å². The lowest BCUT2D eigenvalue weighted by atomic mass is 10.5. The molecule has 0 aliphatic carbocycles. The van der Waals surface area contributed by atoms with Crippen LogP contribution in [-0.4, -0.2) is 28.1 Å². The molecule has 1 rings (SSSR count). The fourth-order valence-electron chi connectivity index (χ4n) is 0.564. The highest BCUT2D eigenvalue weighted by Crippen LogP contribution is 1.98. The van der Waals surface area contributed by atoms with Crippen LogP contribution >= 0.6 is 0 Å². The van der Waals surface area contributed by atoms with Crippen molar-refractivity contribution in [3.05, 3.63) is 19.0 Å². The van der Waals surface area contributed by atoms with E-state index in [0.717, 1.165) is 0 Å². The van der Waals surface area contributed by atoms with Crippen molar-refractivity contribution in [2.75, 3.05) is 7.11 Å². The highest BCUT2D eigenvalue weighted by Gasteiger charge is 2.08. The van der Waals surface area contributed by atoms with Crippen LogP contribution in [0.3, 0.4) is 0 Å². The van der Waals surface area contributed by atoms with Crippen LogP contribution in [0.5, 0.6) is 0 Å². The predicted octanol–water partition coefficient (Wildman–Crippen LogP) is -0.0782. The smallest absolute Gasteiger partial charge is 0.356 e. The Balaban J connectivity index is 2.79. The Labute approximate surface area is 63.3 Å². The SMILES string of the molecule is C=C(C(=O)OC)n1ccnn1. The number of carbonyl (C=O) groups excluding carboxylic acids is 1. The summed E-state index contributed by atoms with van der Waals surface area (Å²) in [5, 5.41) is 7.06. The highest BCUT2D eigenvalue weighted by molar-refractivity contribution is 6.08. The summed E-state index contributed by atoms with van der Waals surface area (Å²) in [6.45, 7) is 3.45. The molecular weight excluding hydrogens is 146 g/mol. The van der Waals surface area contributed by atoms with Gasteiger partial charge in [-0.3, -0.25) is 0 Å². The minimum absolute atomic E-state index is 0.144. The van der Waals surface area contributed by atoms with Crippen molar-refractivity contribution in [1.29, 1.82) is 0 Å². The number of methoxy groups -OCH3 is 1. The molecule has 1 aromatic rings. The molecule has 5 nitrogen and oxygen atoms in total. The Kier molecular flexibility index (Phi) is 2.00. The third kappa shape index (κ3) is 1.43. The molecule has 0 aliphatic rings. The maximum absolute atomic E-state index is 10.8. The van der Waals surface area contributed by atoms with Crippen LogP contribution in [0.4, 0.5) is 0 Å². The van der Waals surface area contributed by atoms with Gasteiger partial charge in [-0.1, -0.05) is 11.8 Å². The van der Waals surface area contributed by atoms with Crippen molar-refractivity contribution in [3.8, 4) is 0 Å². The van der Waals surface area contributed by atoms with E-state index in [1.54, 1.807) is 0 Å². The second kappa shape index (κ2) is 2.96. The zero-order valence-corrected chi connectivity index (χ0v) is 6.02. The van der Waals surface area contributed by atoms with E-state index in [9.17, 15) is 4.79 Å². The van der Waals surface area contributed by atoms with Gasteiger partial charge in [0.1, 0.15) is 5.70 Å². The first-order chi connectivity index (χ1) is 5.25. The minimum Gasteiger partial charge on any atom is -0.464 e. The van der Waals surface area contributed by atoms with Crippen LogP contribution in [0.1, 0.15) is 0 Å². The van der Waals surface area contributed by atoms with Gasteiger partial charge < -0.3 is 4.74 Å². The summed E-state index contributed by atoms with van der Waals surface area (Å²) in [4.78, 5) is 10.8. The van der Waals surface area contributed by atoms with Gasteiger partial charge in [0.2, 0.25) is 0 Å². The standard InChI is InChI=1S/C6H7N3O2/c1-5(6(10)11-2)9-4-3-7-8-9/h3-4H,1H2,2H3. The summed E-state index contributed by atoms with van der Waals surface area (Å²) < 4.78 is 5.65. The topological polar surface area (TPSA) is 57.0 Å². The largest absolute Gasteiger partial charge is 0.464 e. The lowest BCUT2D eigenvalue weighted by molar-refractivity contribution is -0.134. The average Bonchev–Trinajstić information content (AvgIpc) is 2.53. The van der Waals surface area contributed by atoms with Crippen molar-refractivity contribution < 1.29 is 9.53 Å². The normalized spacial score (nSPS) is 9.18. The molecule has 0 fully saturated rings. The summed E-state index contributed by atoms with van der Waals surface area (Å²) in [5.41, 5.74) is 0.144. The quantitative estimate of drug-likeness (QED) is 0.440. The van der Waals surface area contributed by atoms with Gasteiger partial charge in [-0.25, -0.2) is 9.48 Å². The van der Waals surface area contributed by atoms with Gasteiger partial charge in [0, 0.05) is 0 Å². The summed E-state index contributed by atoms with van der Waals surface area (Å²) >= 11 is 0. The van der Waals surface area contributed by atoms with Gasteiger partial charge >= 0.3 is 5.97 Å². The second-order valence-electron chi connectivity index (χ2n) is 1.79. The molecule has 1 heterocycles. The zero-order valence-electron chi connectivity index (χ0n) is 6.02. The van der Waals surface area contributed by atoms with Crippen molar-refractivity contribution in [1.82, 2.24) is 15.0 Å². The number of nitrogens with zero attached hydrogens (tertiary/aromatic N) is 3. The van der Waals surface area contributed by atoms with Crippen LogP contribution in [0.15, 0.2) is 19.0 Å². The molecule has 0 bridgehead atoms. The molecule has 0 amide bonds. The van der Waals surface area contributed by atoms with Gasteiger partial charge in [-0.05, 0) is 0 Å². The molecule has 0 unspecified atom stereocenters. The van der Waals surface area contributed by atoms with Crippen LogP contribution < -0.4 is 0 Å². The van der Waals surface area contributed by atoms with E-state index >= 15 is 0 Å². The first-order valence-corrected chi connectivity index (χ1v) is 2.89. The van der Waals surface area contributed by atoms with E-state index in [1.165, 1.54) is 24.2 Å². The molecule has 0 saturated carbocycles. The fourth-order valence-corrected chi connectivity index (χ4v) is 0.564. The number of hydrogen-bond donors (Lipinski definition) is 0. The number of ether oxygens (including phenoxy) is 1. The van der Waals surface area contributed by atoms with Gasteiger partial charge in [0.15, 0.2) is 0 Å². The molecule has 0 atom stereocenters. The van der Waals surface area contributed by atoms with Crippen molar-refractivity contribution in [3.63, 3.8) is 0 Å². The maximum atomic E-state index is 10.8. The van der Waals surface area contributed by atoms with Crippen LogP contribution in [0.2, 0.25) is 0 Å². The Morgan fingerprint density at radius 1 is 1.73 bits per heavy atom. The van der Waals surface area contributed by atoms with E-state index in [0.29, 0.717) is 0 Å². The van der Waals surface area contributed by atoms with Gasteiger partial charge in [-0.15, -0.1) is 5.10 Å². The van der Waals surface area contributed by atoms with Crippen molar-refractivity contribution in [2.45, 2.75) is 0 Å². The Bertz CT molecular complexity index is 265. The van der Waals surface area contributed by atoms with E-state index in [-0.39, 0.29) is 5.70 Å². The van der Waals surface area contributed by atoms with Gasteiger partial charge in [-0.2, -0.15) is 0 Å². The number of aromatic nitrogens is 3. The Morgan fingerprint density at radius 3 is 2.91 bits per heavy atom. The summed E-state index contributed by atoms with van der Waals surface area (Å²) in [7, 11) is 1.28. The summed E-state index contributed by atoms with van der Waals surface area (Å²) in [6, 6.07) is 0. The molecule has 1 aromatic heterocycles. The van der Waals surface area contributed by atoms with E-state index in [2.05, 4.69) is 21.6 Å². The van der Waals surface area contributed by atoms with Crippen LogP contribution in [0, 0.1) is 0 Å². The van der Waals surface area contributed by atoms with Gasteiger partial charge in [0.05, 0.1) is 19.5 Å². The molecule has 0 saturated heterocycles. The lowest BCUT2D eigenvalue weighted by Crippen LogP contribution is -2.09. The monoisotopic (exact) mass is 153 g/mol. The zero-order chi connectivity index (χ0) is 8.27. The van der Waals surface area contributed by atoms with Crippen LogP contribution in [-0.2, 0) is 9.53 Å². The number of carbonyl (C=O) groups is 1. The molecule has 58 valence electrons. The van der Waals surface area contributed by atoms with Crippen molar-refractivity contribution in [2.24, 2.45) is 0 Å². The molecule has 0 spiro atoms.